The molecule has 0 atom stereocenters. The Hall–Kier alpha value is -1.39. The van der Waals surface area contributed by atoms with Crippen molar-refractivity contribution >= 4 is 5.97 Å². The third-order valence-electron chi connectivity index (χ3n) is 3.76. The van der Waals surface area contributed by atoms with E-state index in [1.54, 1.807) is 0 Å². The summed E-state index contributed by atoms with van der Waals surface area (Å²) >= 11 is 0. The Labute approximate surface area is 120 Å². The normalized spacial score (nSPS) is 17.2. The predicted molar refractivity (Wildman–Crippen MR) is 77.8 cm³/mol. The molecule has 110 valence electrons. The Morgan fingerprint density at radius 1 is 1.25 bits per heavy atom. The monoisotopic (exact) mass is 277 g/mol. The van der Waals surface area contributed by atoms with Gasteiger partial charge >= 0.3 is 5.97 Å². The molecule has 0 saturated carbocycles. The molecule has 2 rings (SSSR count). The first-order valence-electron chi connectivity index (χ1n) is 7.34. The summed E-state index contributed by atoms with van der Waals surface area (Å²) in [6.07, 6.45) is 3.45. The Balaban J connectivity index is 1.61. The van der Waals surface area contributed by atoms with Gasteiger partial charge in [-0.25, -0.2) is 0 Å². The van der Waals surface area contributed by atoms with Crippen molar-refractivity contribution in [3.8, 4) is 0 Å². The summed E-state index contributed by atoms with van der Waals surface area (Å²) in [4.78, 5) is 12.9. The molecule has 1 heterocycles. The summed E-state index contributed by atoms with van der Waals surface area (Å²) in [5.41, 5.74) is 1.38. The van der Waals surface area contributed by atoms with E-state index < -0.39 is 5.97 Å². The molecule has 1 aromatic carbocycles. The maximum absolute atomic E-state index is 10.4. The van der Waals surface area contributed by atoms with Crippen LogP contribution in [0.3, 0.4) is 0 Å². The molecule has 0 aromatic heterocycles. The molecule has 0 aliphatic carbocycles. The van der Waals surface area contributed by atoms with Gasteiger partial charge in [0.05, 0.1) is 19.1 Å². The second-order valence-corrected chi connectivity index (χ2v) is 5.29. The Morgan fingerprint density at radius 3 is 2.60 bits per heavy atom. The van der Waals surface area contributed by atoms with E-state index in [0.717, 1.165) is 38.9 Å². The Bertz CT molecular complexity index is 399. The number of benzene rings is 1. The third kappa shape index (κ3) is 5.31. The summed E-state index contributed by atoms with van der Waals surface area (Å²) in [7, 11) is 0. The van der Waals surface area contributed by atoms with Crippen molar-refractivity contribution in [2.45, 2.75) is 31.8 Å². The number of nitrogens with zero attached hydrogens (tertiary/aromatic N) is 1. The highest BCUT2D eigenvalue weighted by molar-refractivity contribution is 5.66. The predicted octanol–water partition coefficient (Wildman–Crippen LogP) is 2.18. The maximum Gasteiger partial charge on any atom is 0.305 e. The third-order valence-corrected chi connectivity index (χ3v) is 3.76. The van der Waals surface area contributed by atoms with Gasteiger partial charge < -0.3 is 14.7 Å². The number of carboxylic acids is 1. The molecule has 1 fully saturated rings. The molecule has 1 aromatic rings. The zero-order chi connectivity index (χ0) is 14.2. The molecule has 4 nitrogen and oxygen atoms in total. The number of carbonyl (C=O) groups is 1. The summed E-state index contributed by atoms with van der Waals surface area (Å²) in [6, 6.07) is 10.5. The lowest BCUT2D eigenvalue weighted by atomic mass is 10.1. The number of hydrogen-bond donors (Lipinski definition) is 1. The van der Waals surface area contributed by atoms with Gasteiger partial charge in [0.15, 0.2) is 0 Å². The number of piperidine rings is 1. The first-order valence-corrected chi connectivity index (χ1v) is 7.34. The lowest BCUT2D eigenvalue weighted by molar-refractivity contribution is -0.138. The van der Waals surface area contributed by atoms with Gasteiger partial charge in [-0.05, 0) is 24.8 Å². The molecule has 0 bridgehead atoms. The molecule has 0 radical (unpaired) electrons. The minimum absolute atomic E-state index is 0.105. The molecule has 1 saturated heterocycles. The van der Waals surface area contributed by atoms with Crippen LogP contribution in [0.1, 0.15) is 24.8 Å². The fraction of sp³-hybridized carbons (Fsp3) is 0.562. The quantitative estimate of drug-likeness (QED) is 0.830. The molecule has 4 heteroatoms. The Kier molecular flexibility index (Phi) is 6.02. The van der Waals surface area contributed by atoms with Crippen molar-refractivity contribution in [3.63, 3.8) is 0 Å². The first-order chi connectivity index (χ1) is 9.74. The van der Waals surface area contributed by atoms with E-state index in [1.807, 2.05) is 6.07 Å². The van der Waals surface area contributed by atoms with E-state index in [9.17, 15) is 4.79 Å². The average molecular weight is 277 g/mol. The van der Waals surface area contributed by atoms with Crippen LogP contribution in [-0.4, -0.2) is 48.3 Å². The van der Waals surface area contributed by atoms with E-state index in [2.05, 4.69) is 29.2 Å². The molecule has 1 N–H and O–H groups in total. The van der Waals surface area contributed by atoms with Crippen LogP contribution in [0.25, 0.3) is 0 Å². The number of likely N-dealkylation sites (tertiary alicyclic amines) is 1. The van der Waals surface area contributed by atoms with Gasteiger partial charge in [-0.2, -0.15) is 0 Å². The molecule has 1 aliphatic heterocycles. The summed E-state index contributed by atoms with van der Waals surface area (Å²) in [5.74, 6) is -0.787. The fourth-order valence-corrected chi connectivity index (χ4v) is 2.54. The van der Waals surface area contributed by atoms with Crippen molar-refractivity contribution in [3.05, 3.63) is 35.9 Å². The molecular formula is C16H23NO3. The fourth-order valence-electron chi connectivity index (χ4n) is 2.54. The highest BCUT2D eigenvalue weighted by Crippen LogP contribution is 2.14. The second-order valence-electron chi connectivity index (χ2n) is 5.29. The summed E-state index contributed by atoms with van der Waals surface area (Å²) < 4.78 is 5.60. The van der Waals surface area contributed by atoms with E-state index >= 15 is 0 Å². The molecule has 1 aliphatic rings. The van der Waals surface area contributed by atoms with Crippen LogP contribution in [0.4, 0.5) is 0 Å². The van der Waals surface area contributed by atoms with Gasteiger partial charge in [-0.1, -0.05) is 30.3 Å². The summed E-state index contributed by atoms with van der Waals surface area (Å²) in [6.45, 7) is 3.52. The van der Waals surface area contributed by atoms with Crippen molar-refractivity contribution in [1.82, 2.24) is 4.90 Å². The molecule has 0 spiro atoms. The summed E-state index contributed by atoms with van der Waals surface area (Å²) in [5, 5.41) is 8.57. The largest absolute Gasteiger partial charge is 0.481 e. The zero-order valence-corrected chi connectivity index (χ0v) is 11.8. The zero-order valence-electron chi connectivity index (χ0n) is 11.8. The number of aliphatic carboxylic acids is 1. The van der Waals surface area contributed by atoms with Crippen molar-refractivity contribution in [2.24, 2.45) is 0 Å². The number of ether oxygens (including phenoxy) is 1. The smallest absolute Gasteiger partial charge is 0.305 e. The number of rotatable bonds is 7. The molecule has 0 amide bonds. The lowest BCUT2D eigenvalue weighted by Crippen LogP contribution is -2.38. The van der Waals surface area contributed by atoms with Crippen LogP contribution in [0.2, 0.25) is 0 Å². The van der Waals surface area contributed by atoms with Gasteiger partial charge in [0.1, 0.15) is 0 Å². The molecule has 0 unspecified atom stereocenters. The number of carboxylic acid groups (broad SMARTS) is 1. The first kappa shape index (κ1) is 15.0. The second kappa shape index (κ2) is 8.02. The number of hydrogen-bond acceptors (Lipinski definition) is 3. The highest BCUT2D eigenvalue weighted by Gasteiger charge is 2.19. The molecular weight excluding hydrogens is 254 g/mol. The Morgan fingerprint density at radius 2 is 1.95 bits per heavy atom. The van der Waals surface area contributed by atoms with Crippen molar-refractivity contribution < 1.29 is 14.6 Å². The van der Waals surface area contributed by atoms with Crippen molar-refractivity contribution in [2.75, 3.05) is 26.2 Å². The van der Waals surface area contributed by atoms with E-state index in [-0.39, 0.29) is 12.5 Å². The SMILES string of the molecule is O=C(O)CCOC1CCN(CCc2ccccc2)CC1. The van der Waals surface area contributed by atoms with Crippen LogP contribution in [0.15, 0.2) is 30.3 Å². The van der Waals surface area contributed by atoms with Crippen LogP contribution < -0.4 is 0 Å². The van der Waals surface area contributed by atoms with E-state index in [1.165, 1.54) is 5.56 Å². The average Bonchev–Trinajstić information content (AvgIpc) is 2.47. The van der Waals surface area contributed by atoms with Crippen LogP contribution in [0.5, 0.6) is 0 Å². The van der Waals surface area contributed by atoms with Crippen LogP contribution in [0, 0.1) is 0 Å². The van der Waals surface area contributed by atoms with Gasteiger partial charge in [-0.3, -0.25) is 4.79 Å². The van der Waals surface area contributed by atoms with Gasteiger partial charge in [0, 0.05) is 19.6 Å². The minimum atomic E-state index is -0.787. The highest BCUT2D eigenvalue weighted by atomic mass is 16.5. The van der Waals surface area contributed by atoms with Gasteiger partial charge in [-0.15, -0.1) is 0 Å². The van der Waals surface area contributed by atoms with E-state index in [4.69, 9.17) is 9.84 Å². The topological polar surface area (TPSA) is 49.8 Å². The van der Waals surface area contributed by atoms with Gasteiger partial charge in [0.25, 0.3) is 0 Å². The maximum atomic E-state index is 10.4. The van der Waals surface area contributed by atoms with Crippen LogP contribution >= 0.6 is 0 Å². The van der Waals surface area contributed by atoms with Crippen molar-refractivity contribution in [1.29, 1.82) is 0 Å². The van der Waals surface area contributed by atoms with E-state index in [0.29, 0.717) is 6.61 Å². The standard InChI is InChI=1S/C16H23NO3/c18-16(19)9-13-20-15-7-11-17(12-8-15)10-6-14-4-2-1-3-5-14/h1-5,15H,6-13H2,(H,18,19). The lowest BCUT2D eigenvalue weighted by Gasteiger charge is -2.31. The minimum Gasteiger partial charge on any atom is -0.481 e. The van der Waals surface area contributed by atoms with Crippen LogP contribution in [-0.2, 0) is 16.0 Å². The molecule has 20 heavy (non-hydrogen) atoms. The van der Waals surface area contributed by atoms with Gasteiger partial charge in [0.2, 0.25) is 0 Å².